The molecule has 2 aromatic rings. The number of phenols is 1. The van der Waals surface area contributed by atoms with E-state index in [1.165, 1.54) is 0 Å². The van der Waals surface area contributed by atoms with Gasteiger partial charge in [0.15, 0.2) is 0 Å². The zero-order valence-corrected chi connectivity index (χ0v) is 13.1. The maximum atomic E-state index is 11.7. The number of fused-ring (bicyclic) bond motifs is 1. The minimum Gasteiger partial charge on any atom is -0.508 e. The van der Waals surface area contributed by atoms with Crippen LogP contribution in [-0.4, -0.2) is 11.1 Å². The lowest BCUT2D eigenvalue weighted by Gasteiger charge is -2.15. The highest BCUT2D eigenvalue weighted by atomic mass is 16.4. The zero-order chi connectivity index (χ0) is 15.6. The second-order valence-electron chi connectivity index (χ2n) is 5.96. The Bertz CT molecular complexity index is 688. The third kappa shape index (κ3) is 3.45. The van der Waals surface area contributed by atoms with Crippen molar-refractivity contribution in [3.63, 3.8) is 0 Å². The molecular formula is C17H24NO3+. The van der Waals surface area contributed by atoms with Gasteiger partial charge < -0.3 is 14.8 Å². The molecule has 1 aromatic heterocycles. The monoisotopic (exact) mass is 290 g/mol. The van der Waals surface area contributed by atoms with Crippen molar-refractivity contribution in [1.82, 2.24) is 0 Å². The van der Waals surface area contributed by atoms with Gasteiger partial charge in [0.05, 0.1) is 6.04 Å². The lowest BCUT2D eigenvalue weighted by atomic mass is 10.0. The van der Waals surface area contributed by atoms with Gasteiger partial charge in [0.25, 0.3) is 0 Å². The van der Waals surface area contributed by atoms with Gasteiger partial charge >= 0.3 is 5.63 Å². The molecule has 21 heavy (non-hydrogen) atoms. The van der Waals surface area contributed by atoms with Gasteiger partial charge in [0.2, 0.25) is 0 Å². The van der Waals surface area contributed by atoms with Crippen LogP contribution < -0.4 is 10.9 Å². The van der Waals surface area contributed by atoms with E-state index in [1.807, 2.05) is 13.0 Å². The maximum Gasteiger partial charge on any atom is 0.336 e. The molecule has 0 amide bonds. The molecule has 1 atom stereocenters. The average Bonchev–Trinajstić information content (AvgIpc) is 2.43. The van der Waals surface area contributed by atoms with Crippen LogP contribution in [0.5, 0.6) is 5.75 Å². The third-order valence-corrected chi connectivity index (χ3v) is 4.17. The smallest absolute Gasteiger partial charge is 0.336 e. The van der Waals surface area contributed by atoms with E-state index in [9.17, 15) is 9.90 Å². The Hall–Kier alpha value is -1.81. The first-order valence-electron chi connectivity index (χ1n) is 7.54. The Kier molecular flexibility index (Phi) is 4.68. The van der Waals surface area contributed by atoms with Crippen LogP contribution in [0.2, 0.25) is 0 Å². The van der Waals surface area contributed by atoms with Crippen molar-refractivity contribution in [3.8, 4) is 5.75 Å². The maximum absolute atomic E-state index is 11.7. The molecule has 4 heteroatoms. The molecule has 0 aliphatic heterocycles. The van der Waals surface area contributed by atoms with Gasteiger partial charge in [-0.3, -0.25) is 0 Å². The van der Waals surface area contributed by atoms with E-state index in [2.05, 4.69) is 26.1 Å². The van der Waals surface area contributed by atoms with E-state index in [-0.39, 0.29) is 11.4 Å². The molecule has 4 nitrogen and oxygen atoms in total. The number of hydrogen-bond donors (Lipinski definition) is 2. The molecule has 2 rings (SSSR count). The lowest BCUT2D eigenvalue weighted by molar-refractivity contribution is -0.706. The molecule has 0 aliphatic carbocycles. The van der Waals surface area contributed by atoms with Crippen LogP contribution in [-0.2, 0) is 13.0 Å². The molecule has 0 radical (unpaired) electrons. The Labute approximate surface area is 124 Å². The standard InChI is InChI=1S/C17H23NO3/c1-5-12-6-14-13(9-18-11(4)10(2)3)7-17(20)21-16(14)8-15(12)19/h6-8,10-11,18-19H,5,9H2,1-4H3/p+1/t11-/m1/s1. The van der Waals surface area contributed by atoms with Crippen LogP contribution in [0.25, 0.3) is 11.0 Å². The molecule has 0 unspecified atom stereocenters. The molecule has 0 bridgehead atoms. The number of nitrogens with two attached hydrogens (primary N) is 1. The van der Waals surface area contributed by atoms with Crippen LogP contribution in [0, 0.1) is 5.92 Å². The number of phenolic OH excluding ortho intramolecular Hbond substituents is 1. The minimum atomic E-state index is -0.369. The van der Waals surface area contributed by atoms with Gasteiger partial charge in [0, 0.05) is 29.0 Å². The Balaban J connectivity index is 2.44. The number of benzene rings is 1. The van der Waals surface area contributed by atoms with Gasteiger partial charge in [0.1, 0.15) is 17.9 Å². The highest BCUT2D eigenvalue weighted by Gasteiger charge is 2.14. The summed E-state index contributed by atoms with van der Waals surface area (Å²) in [6, 6.07) is 5.51. The molecule has 1 aromatic carbocycles. The first kappa shape index (κ1) is 15.6. The number of quaternary nitrogens is 1. The van der Waals surface area contributed by atoms with Crippen LogP contribution in [0.15, 0.2) is 27.4 Å². The second kappa shape index (κ2) is 6.31. The van der Waals surface area contributed by atoms with Crippen LogP contribution in [0.3, 0.4) is 0 Å². The van der Waals surface area contributed by atoms with Crippen molar-refractivity contribution in [2.24, 2.45) is 5.92 Å². The molecular weight excluding hydrogens is 266 g/mol. The molecule has 0 fully saturated rings. The number of aryl methyl sites for hydroxylation is 1. The van der Waals surface area contributed by atoms with Crippen molar-refractivity contribution in [2.75, 3.05) is 0 Å². The quantitative estimate of drug-likeness (QED) is 0.829. The number of aromatic hydroxyl groups is 1. The van der Waals surface area contributed by atoms with E-state index in [0.29, 0.717) is 17.5 Å². The predicted molar refractivity (Wildman–Crippen MR) is 83.5 cm³/mol. The van der Waals surface area contributed by atoms with E-state index in [0.717, 1.165) is 29.5 Å². The summed E-state index contributed by atoms with van der Waals surface area (Å²) in [4.78, 5) is 11.7. The van der Waals surface area contributed by atoms with Crippen molar-refractivity contribution in [3.05, 3.63) is 39.7 Å². The fourth-order valence-electron chi connectivity index (χ4n) is 2.34. The fourth-order valence-corrected chi connectivity index (χ4v) is 2.34. The van der Waals surface area contributed by atoms with Crippen molar-refractivity contribution < 1.29 is 14.8 Å². The molecule has 3 N–H and O–H groups in total. The van der Waals surface area contributed by atoms with Gasteiger partial charge in [-0.1, -0.05) is 20.8 Å². The predicted octanol–water partition coefficient (Wildman–Crippen LogP) is 2.17. The Morgan fingerprint density at radius 2 is 1.90 bits per heavy atom. The lowest BCUT2D eigenvalue weighted by Crippen LogP contribution is -2.89. The summed E-state index contributed by atoms with van der Waals surface area (Å²) in [6.45, 7) is 9.28. The van der Waals surface area contributed by atoms with Crippen LogP contribution >= 0.6 is 0 Å². The van der Waals surface area contributed by atoms with E-state index < -0.39 is 0 Å². The SMILES string of the molecule is CCc1cc2c(C[NH2+][C@H](C)C(C)C)cc(=O)oc2cc1O. The van der Waals surface area contributed by atoms with E-state index in [4.69, 9.17) is 4.42 Å². The summed E-state index contributed by atoms with van der Waals surface area (Å²) in [5, 5.41) is 13.1. The average molecular weight is 290 g/mol. The topological polar surface area (TPSA) is 67.0 Å². The molecule has 0 saturated carbocycles. The molecule has 0 saturated heterocycles. The summed E-state index contributed by atoms with van der Waals surface area (Å²) < 4.78 is 5.21. The summed E-state index contributed by atoms with van der Waals surface area (Å²) in [5.74, 6) is 0.761. The van der Waals surface area contributed by atoms with Crippen molar-refractivity contribution in [2.45, 2.75) is 46.7 Å². The highest BCUT2D eigenvalue weighted by molar-refractivity contribution is 5.82. The fraction of sp³-hybridized carbons (Fsp3) is 0.471. The Morgan fingerprint density at radius 3 is 2.52 bits per heavy atom. The van der Waals surface area contributed by atoms with E-state index >= 15 is 0 Å². The summed E-state index contributed by atoms with van der Waals surface area (Å²) in [6.07, 6.45) is 0.743. The number of rotatable bonds is 5. The molecule has 114 valence electrons. The summed E-state index contributed by atoms with van der Waals surface area (Å²) >= 11 is 0. The first-order chi connectivity index (χ1) is 9.92. The van der Waals surface area contributed by atoms with Crippen LogP contribution in [0.4, 0.5) is 0 Å². The van der Waals surface area contributed by atoms with E-state index in [1.54, 1.807) is 12.1 Å². The van der Waals surface area contributed by atoms with Gasteiger partial charge in [-0.2, -0.15) is 0 Å². The third-order valence-electron chi connectivity index (χ3n) is 4.17. The highest BCUT2D eigenvalue weighted by Crippen LogP contribution is 2.26. The van der Waals surface area contributed by atoms with Crippen molar-refractivity contribution >= 4 is 11.0 Å². The summed E-state index contributed by atoms with van der Waals surface area (Å²) in [5.41, 5.74) is 1.92. The number of hydrogen-bond acceptors (Lipinski definition) is 3. The zero-order valence-electron chi connectivity index (χ0n) is 13.1. The molecule has 1 heterocycles. The molecule has 0 aliphatic rings. The van der Waals surface area contributed by atoms with Gasteiger partial charge in [-0.15, -0.1) is 0 Å². The summed E-state index contributed by atoms with van der Waals surface area (Å²) in [7, 11) is 0. The Morgan fingerprint density at radius 1 is 1.19 bits per heavy atom. The first-order valence-corrected chi connectivity index (χ1v) is 7.54. The van der Waals surface area contributed by atoms with Gasteiger partial charge in [-0.25, -0.2) is 4.79 Å². The second-order valence-corrected chi connectivity index (χ2v) is 5.96. The van der Waals surface area contributed by atoms with Crippen LogP contribution in [0.1, 0.15) is 38.8 Å². The van der Waals surface area contributed by atoms with Crippen molar-refractivity contribution in [1.29, 1.82) is 0 Å². The normalized spacial score (nSPS) is 13.0. The minimum absolute atomic E-state index is 0.185. The largest absolute Gasteiger partial charge is 0.508 e. The molecule has 0 spiro atoms. The van der Waals surface area contributed by atoms with Gasteiger partial charge in [-0.05, 0) is 25.0 Å².